The molecule has 0 fully saturated rings. The van der Waals surface area contributed by atoms with E-state index in [2.05, 4.69) is 32.6 Å². The number of allylic oxidation sites excluding steroid dienone is 1. The van der Waals surface area contributed by atoms with Crippen molar-refractivity contribution in [3.8, 4) is 0 Å². The summed E-state index contributed by atoms with van der Waals surface area (Å²) in [7, 11) is 0. The molecule has 1 aromatic rings. The summed E-state index contributed by atoms with van der Waals surface area (Å²) in [6.07, 6.45) is 2.19. The van der Waals surface area contributed by atoms with Crippen molar-refractivity contribution in [3.63, 3.8) is 0 Å². The van der Waals surface area contributed by atoms with Gasteiger partial charge in [-0.15, -0.1) is 6.58 Å². The average molecular weight is 191 g/mol. The smallest absolute Gasteiger partial charge is 0.0314 e. The Balaban J connectivity index is 0.000000292. The van der Waals surface area contributed by atoms with E-state index < -0.39 is 0 Å². The van der Waals surface area contributed by atoms with Crippen LogP contribution in [0.5, 0.6) is 0 Å². The summed E-state index contributed by atoms with van der Waals surface area (Å²) in [6.45, 7) is 9.93. The van der Waals surface area contributed by atoms with E-state index in [-0.39, 0.29) is 0 Å². The molecule has 1 aromatic carbocycles. The Hall–Kier alpha value is -1.24. The largest absolute Gasteiger partial charge is 0.399 e. The zero-order valence-electron chi connectivity index (χ0n) is 9.51. The van der Waals surface area contributed by atoms with Gasteiger partial charge in [-0.05, 0) is 37.5 Å². The number of nitrogen functional groups attached to an aromatic ring is 1. The lowest BCUT2D eigenvalue weighted by molar-refractivity contribution is 1.11. The summed E-state index contributed by atoms with van der Waals surface area (Å²) in [5.74, 6) is 0. The lowest BCUT2D eigenvalue weighted by Crippen LogP contribution is -1.84. The topological polar surface area (TPSA) is 26.0 Å². The van der Waals surface area contributed by atoms with Crippen LogP contribution in [0.2, 0.25) is 0 Å². The van der Waals surface area contributed by atoms with Gasteiger partial charge in [0.15, 0.2) is 0 Å². The molecule has 0 bridgehead atoms. The maximum atomic E-state index is 5.48. The standard InChI is InChI=1S/C8H11N.C5H10/c1-2-7-3-5-8(9)6-4-7;1-4-5(2)3/h3-6H,2,9H2,1H3;2,4H2,1,3H3. The number of rotatable bonds is 2. The summed E-state index contributed by atoms with van der Waals surface area (Å²) in [6, 6.07) is 7.96. The van der Waals surface area contributed by atoms with Crippen molar-refractivity contribution in [2.75, 3.05) is 5.73 Å². The zero-order valence-corrected chi connectivity index (χ0v) is 9.51. The molecule has 0 aromatic heterocycles. The second kappa shape index (κ2) is 7.19. The summed E-state index contributed by atoms with van der Waals surface area (Å²) in [4.78, 5) is 0. The van der Waals surface area contributed by atoms with E-state index in [1.165, 1.54) is 11.1 Å². The van der Waals surface area contributed by atoms with Gasteiger partial charge < -0.3 is 5.73 Å². The first kappa shape index (κ1) is 12.8. The van der Waals surface area contributed by atoms with Gasteiger partial charge in [0.25, 0.3) is 0 Å². The van der Waals surface area contributed by atoms with Crippen LogP contribution < -0.4 is 5.73 Å². The fourth-order valence-corrected chi connectivity index (χ4v) is 0.753. The van der Waals surface area contributed by atoms with E-state index in [4.69, 9.17) is 5.73 Å². The molecule has 0 atom stereocenters. The van der Waals surface area contributed by atoms with Crippen molar-refractivity contribution in [1.29, 1.82) is 0 Å². The molecule has 0 aliphatic heterocycles. The van der Waals surface area contributed by atoms with E-state index >= 15 is 0 Å². The molecule has 1 rings (SSSR count). The van der Waals surface area contributed by atoms with E-state index in [9.17, 15) is 0 Å². The molecule has 0 aliphatic carbocycles. The first-order valence-electron chi connectivity index (χ1n) is 5.08. The summed E-state index contributed by atoms with van der Waals surface area (Å²) >= 11 is 0. The number of anilines is 1. The molecular formula is C13H21N. The quantitative estimate of drug-likeness (QED) is 0.558. The van der Waals surface area contributed by atoms with Gasteiger partial charge in [0, 0.05) is 5.69 Å². The van der Waals surface area contributed by atoms with Crippen LogP contribution in [0.4, 0.5) is 5.69 Å². The van der Waals surface area contributed by atoms with Crippen LogP contribution in [0.1, 0.15) is 32.8 Å². The maximum Gasteiger partial charge on any atom is 0.0314 e. The Morgan fingerprint density at radius 3 is 1.93 bits per heavy atom. The number of nitrogens with two attached hydrogens (primary N) is 1. The molecule has 2 N–H and O–H groups in total. The van der Waals surface area contributed by atoms with Gasteiger partial charge >= 0.3 is 0 Å². The molecule has 0 saturated carbocycles. The van der Waals surface area contributed by atoms with Gasteiger partial charge in [-0.3, -0.25) is 0 Å². The van der Waals surface area contributed by atoms with E-state index in [0.29, 0.717) is 0 Å². The lowest BCUT2D eigenvalue weighted by atomic mass is 10.2. The van der Waals surface area contributed by atoms with Gasteiger partial charge in [-0.1, -0.05) is 31.6 Å². The molecule has 14 heavy (non-hydrogen) atoms. The molecule has 0 radical (unpaired) electrons. The molecule has 1 nitrogen and oxygen atoms in total. The van der Waals surface area contributed by atoms with Crippen LogP contribution in [0.25, 0.3) is 0 Å². The summed E-state index contributed by atoms with van der Waals surface area (Å²) in [5.41, 5.74) is 8.91. The highest BCUT2D eigenvalue weighted by Gasteiger charge is 1.85. The van der Waals surface area contributed by atoms with Crippen molar-refractivity contribution < 1.29 is 0 Å². The minimum Gasteiger partial charge on any atom is -0.399 e. The molecule has 0 amide bonds. The Kier molecular flexibility index (Phi) is 6.55. The van der Waals surface area contributed by atoms with E-state index in [1.807, 2.05) is 19.1 Å². The summed E-state index contributed by atoms with van der Waals surface area (Å²) in [5, 5.41) is 0. The predicted octanol–water partition coefficient (Wildman–Crippen LogP) is 3.80. The first-order chi connectivity index (χ1) is 6.60. The minimum atomic E-state index is 0.840. The van der Waals surface area contributed by atoms with Crippen LogP contribution in [0.15, 0.2) is 36.4 Å². The molecule has 0 saturated heterocycles. The third-order valence-corrected chi connectivity index (χ3v) is 1.99. The first-order valence-corrected chi connectivity index (χ1v) is 5.08. The van der Waals surface area contributed by atoms with E-state index in [0.717, 1.165) is 18.5 Å². The summed E-state index contributed by atoms with van der Waals surface area (Å²) < 4.78 is 0. The van der Waals surface area contributed by atoms with Crippen molar-refractivity contribution in [3.05, 3.63) is 42.0 Å². The highest BCUT2D eigenvalue weighted by Crippen LogP contribution is 2.04. The maximum absolute atomic E-state index is 5.48. The Morgan fingerprint density at radius 2 is 1.64 bits per heavy atom. The fraction of sp³-hybridized carbons (Fsp3) is 0.385. The molecule has 1 heteroatoms. The number of benzene rings is 1. The van der Waals surface area contributed by atoms with Crippen LogP contribution in [-0.4, -0.2) is 0 Å². The van der Waals surface area contributed by atoms with Crippen LogP contribution in [0.3, 0.4) is 0 Å². The highest BCUT2D eigenvalue weighted by molar-refractivity contribution is 5.39. The minimum absolute atomic E-state index is 0.840. The molecule has 78 valence electrons. The van der Waals surface area contributed by atoms with Gasteiger partial charge in [0.05, 0.1) is 0 Å². The van der Waals surface area contributed by atoms with Gasteiger partial charge in [-0.2, -0.15) is 0 Å². The SMILES string of the molecule is C=C(C)CC.CCc1ccc(N)cc1. The average Bonchev–Trinajstić information content (AvgIpc) is 2.20. The molecule has 0 spiro atoms. The van der Waals surface area contributed by atoms with Gasteiger partial charge in [0.2, 0.25) is 0 Å². The second-order valence-electron chi connectivity index (χ2n) is 3.41. The fourth-order valence-electron chi connectivity index (χ4n) is 0.753. The third kappa shape index (κ3) is 6.30. The number of hydrogen-bond donors (Lipinski definition) is 1. The van der Waals surface area contributed by atoms with Crippen molar-refractivity contribution in [2.24, 2.45) is 0 Å². The van der Waals surface area contributed by atoms with Crippen molar-refractivity contribution in [2.45, 2.75) is 33.6 Å². The lowest BCUT2D eigenvalue weighted by Gasteiger charge is -1.94. The zero-order chi connectivity index (χ0) is 11.0. The number of hydrogen-bond acceptors (Lipinski definition) is 1. The Morgan fingerprint density at radius 1 is 1.21 bits per heavy atom. The van der Waals surface area contributed by atoms with Gasteiger partial charge in [0.1, 0.15) is 0 Å². The molecule has 0 heterocycles. The third-order valence-electron chi connectivity index (χ3n) is 1.99. The Labute approximate surface area is 87.6 Å². The Bertz CT molecular complexity index is 259. The number of aryl methyl sites for hydroxylation is 1. The molecular weight excluding hydrogens is 170 g/mol. The highest BCUT2D eigenvalue weighted by atomic mass is 14.5. The monoisotopic (exact) mass is 191 g/mol. The van der Waals surface area contributed by atoms with Crippen molar-refractivity contribution >= 4 is 5.69 Å². The van der Waals surface area contributed by atoms with Crippen molar-refractivity contribution in [1.82, 2.24) is 0 Å². The second-order valence-corrected chi connectivity index (χ2v) is 3.41. The van der Waals surface area contributed by atoms with Crippen LogP contribution in [0, 0.1) is 0 Å². The van der Waals surface area contributed by atoms with Gasteiger partial charge in [-0.25, -0.2) is 0 Å². The predicted molar refractivity (Wildman–Crippen MR) is 65.3 cm³/mol. The van der Waals surface area contributed by atoms with E-state index in [1.54, 1.807) is 0 Å². The van der Waals surface area contributed by atoms with Crippen LogP contribution in [-0.2, 0) is 6.42 Å². The molecule has 0 unspecified atom stereocenters. The molecule has 0 aliphatic rings. The van der Waals surface area contributed by atoms with Crippen LogP contribution >= 0.6 is 0 Å². The normalized spacial score (nSPS) is 8.79.